The van der Waals surface area contributed by atoms with Gasteiger partial charge in [0.05, 0.1) is 6.04 Å². The number of carboxylic acid groups (broad SMARTS) is 1. The van der Waals surface area contributed by atoms with Crippen molar-refractivity contribution in [3.63, 3.8) is 0 Å². The highest BCUT2D eigenvalue weighted by atomic mass is 32.2. The van der Waals surface area contributed by atoms with Crippen LogP contribution in [-0.2, 0) is 9.59 Å². The van der Waals surface area contributed by atoms with Crippen molar-refractivity contribution in [2.45, 2.75) is 35.6 Å². The number of thioether (sulfide) groups is 2. The molecule has 12 heteroatoms. The number of aryl methyl sites for hydroxylation is 1. The molecule has 3 amide bonds. The van der Waals surface area contributed by atoms with Gasteiger partial charge in [0, 0.05) is 11.5 Å². The van der Waals surface area contributed by atoms with Crippen LogP contribution in [0.2, 0.25) is 0 Å². The summed E-state index contributed by atoms with van der Waals surface area (Å²) in [4.78, 5) is 38.4. The summed E-state index contributed by atoms with van der Waals surface area (Å²) in [5.41, 5.74) is 1.61. The first-order valence-corrected chi connectivity index (χ1v) is 12.6. The van der Waals surface area contributed by atoms with Crippen molar-refractivity contribution >= 4 is 52.8 Å². The van der Waals surface area contributed by atoms with Crippen molar-refractivity contribution in [1.82, 2.24) is 25.7 Å². The van der Waals surface area contributed by atoms with E-state index in [1.54, 1.807) is 0 Å². The van der Waals surface area contributed by atoms with Crippen LogP contribution in [0.5, 0.6) is 0 Å². The van der Waals surface area contributed by atoms with E-state index in [1.807, 2.05) is 44.2 Å². The Bertz CT molecular complexity index is 1070. The minimum atomic E-state index is -1.15. The lowest BCUT2D eigenvalue weighted by Gasteiger charge is -2.49. The summed E-state index contributed by atoms with van der Waals surface area (Å²) in [5.74, 6) is -0.696. The van der Waals surface area contributed by atoms with E-state index < -0.39 is 29.3 Å². The summed E-state index contributed by atoms with van der Waals surface area (Å²) in [6, 6.07) is 8.02. The molecule has 0 aliphatic carbocycles. The Balaban J connectivity index is 1.40. The van der Waals surface area contributed by atoms with Crippen molar-refractivity contribution in [3.8, 4) is 0 Å². The second kappa shape index (κ2) is 9.51. The van der Waals surface area contributed by atoms with Crippen LogP contribution in [0.15, 0.2) is 45.9 Å². The van der Waals surface area contributed by atoms with E-state index in [2.05, 4.69) is 20.8 Å². The van der Waals surface area contributed by atoms with Crippen LogP contribution in [0, 0.1) is 6.92 Å². The van der Waals surface area contributed by atoms with Crippen molar-refractivity contribution < 1.29 is 19.5 Å². The minimum absolute atomic E-state index is 0.00333. The number of urea groups is 1. The molecule has 1 aromatic heterocycles. The molecule has 32 heavy (non-hydrogen) atoms. The standard InChI is InChI=1S/C20H21N5O4S3/c1-10(12-6-4-3-5-7-12)21-19(29)22-14-16(26)25-15(18(27)28)13(8-30-17(14)25)9-31-20-24-23-11(2)32-20/h3-7,10,14,17H,8-9H2,1-2H3,(H,27,28)(H2,21,22,29)/t10?,14?,17-/m1/s1. The van der Waals surface area contributed by atoms with Crippen LogP contribution in [0.1, 0.15) is 23.5 Å². The van der Waals surface area contributed by atoms with E-state index >= 15 is 0 Å². The molecular weight excluding hydrogens is 470 g/mol. The SMILES string of the molecule is Cc1nnc(SCC2=C(C(=O)O)N3C(=O)C(NC(=O)NC(C)c4ccccc4)[C@H]3SC2)s1. The van der Waals surface area contributed by atoms with Crippen molar-refractivity contribution in [1.29, 1.82) is 0 Å². The second-order valence-corrected chi connectivity index (χ2v) is 10.8. The molecule has 3 heterocycles. The predicted octanol–water partition coefficient (Wildman–Crippen LogP) is 2.62. The van der Waals surface area contributed by atoms with E-state index in [0.29, 0.717) is 17.1 Å². The van der Waals surface area contributed by atoms with Crippen LogP contribution >= 0.6 is 34.9 Å². The highest BCUT2D eigenvalue weighted by Crippen LogP contribution is 2.41. The van der Waals surface area contributed by atoms with Gasteiger partial charge in [-0.2, -0.15) is 0 Å². The van der Waals surface area contributed by atoms with Crippen LogP contribution in [0.4, 0.5) is 4.79 Å². The third-order valence-corrected chi connectivity index (χ3v) is 8.46. The quantitative estimate of drug-likeness (QED) is 0.399. The minimum Gasteiger partial charge on any atom is -0.477 e. The van der Waals surface area contributed by atoms with Gasteiger partial charge in [-0.25, -0.2) is 9.59 Å². The summed E-state index contributed by atoms with van der Waals surface area (Å²) in [6.07, 6.45) is 0. The molecule has 1 saturated heterocycles. The van der Waals surface area contributed by atoms with Gasteiger partial charge in [-0.15, -0.1) is 22.0 Å². The molecule has 3 atom stereocenters. The topological polar surface area (TPSA) is 125 Å². The number of nitrogens with zero attached hydrogens (tertiary/aromatic N) is 3. The molecular formula is C20H21N5O4S3. The molecule has 2 unspecified atom stereocenters. The van der Waals surface area contributed by atoms with Gasteiger partial charge in [0.25, 0.3) is 5.91 Å². The number of carbonyl (C=O) groups is 3. The van der Waals surface area contributed by atoms with Crippen molar-refractivity contribution in [3.05, 3.63) is 52.2 Å². The lowest BCUT2D eigenvalue weighted by molar-refractivity contribution is -0.148. The number of hydrogen-bond donors (Lipinski definition) is 3. The van der Waals surface area contributed by atoms with E-state index in [1.165, 1.54) is 39.8 Å². The molecule has 0 radical (unpaired) electrons. The zero-order valence-corrected chi connectivity index (χ0v) is 19.7. The molecule has 2 aromatic rings. The number of aromatic nitrogens is 2. The van der Waals surface area contributed by atoms with Crippen LogP contribution in [-0.4, -0.2) is 61.0 Å². The molecule has 168 valence electrons. The summed E-state index contributed by atoms with van der Waals surface area (Å²) in [5, 5.41) is 23.7. The molecule has 9 nitrogen and oxygen atoms in total. The van der Waals surface area contributed by atoms with Gasteiger partial charge in [0.2, 0.25) is 0 Å². The first kappa shape index (κ1) is 22.6. The molecule has 0 bridgehead atoms. The molecule has 1 aromatic carbocycles. The van der Waals surface area contributed by atoms with Gasteiger partial charge in [-0.1, -0.05) is 53.4 Å². The van der Waals surface area contributed by atoms with E-state index in [4.69, 9.17) is 0 Å². The van der Waals surface area contributed by atoms with Gasteiger partial charge in [0.1, 0.15) is 22.1 Å². The number of hydrogen-bond acceptors (Lipinski definition) is 8. The number of β-lactam (4-membered cyclic amide) rings is 1. The third-order valence-electron chi connectivity index (χ3n) is 5.06. The smallest absolute Gasteiger partial charge is 0.352 e. The lowest BCUT2D eigenvalue weighted by Crippen LogP contribution is -2.71. The molecule has 3 N–H and O–H groups in total. The van der Waals surface area contributed by atoms with Crippen LogP contribution < -0.4 is 10.6 Å². The highest BCUT2D eigenvalue weighted by molar-refractivity contribution is 8.01. The number of carbonyl (C=O) groups excluding carboxylic acids is 2. The fraction of sp³-hybridized carbons (Fsp3) is 0.350. The number of fused-ring (bicyclic) bond motifs is 1. The van der Waals surface area contributed by atoms with Gasteiger partial charge < -0.3 is 15.7 Å². The number of rotatable bonds is 7. The molecule has 2 aliphatic rings. The number of benzene rings is 1. The first-order valence-electron chi connectivity index (χ1n) is 9.80. The average molecular weight is 492 g/mol. The lowest BCUT2D eigenvalue weighted by atomic mass is 10.0. The van der Waals surface area contributed by atoms with Gasteiger partial charge in [0.15, 0.2) is 4.34 Å². The van der Waals surface area contributed by atoms with E-state index in [-0.39, 0.29) is 11.7 Å². The molecule has 0 saturated carbocycles. The number of nitrogens with one attached hydrogen (secondary N) is 2. The van der Waals surface area contributed by atoms with Crippen LogP contribution in [0.25, 0.3) is 0 Å². The Hall–Kier alpha value is -2.57. The predicted molar refractivity (Wildman–Crippen MR) is 123 cm³/mol. The Kier molecular flexibility index (Phi) is 6.72. The first-order chi connectivity index (χ1) is 15.3. The number of aliphatic carboxylic acids is 1. The maximum absolute atomic E-state index is 12.8. The third kappa shape index (κ3) is 4.62. The second-order valence-electron chi connectivity index (χ2n) is 7.27. The number of carboxylic acids is 1. The molecule has 4 rings (SSSR count). The summed E-state index contributed by atoms with van der Waals surface area (Å²) >= 11 is 4.29. The van der Waals surface area contributed by atoms with Crippen molar-refractivity contribution in [2.24, 2.45) is 0 Å². The average Bonchev–Trinajstić information content (AvgIpc) is 3.20. The van der Waals surface area contributed by atoms with Crippen molar-refractivity contribution in [2.75, 3.05) is 11.5 Å². The fourth-order valence-electron chi connectivity index (χ4n) is 3.48. The Morgan fingerprint density at radius 3 is 2.72 bits per heavy atom. The van der Waals surface area contributed by atoms with E-state index in [9.17, 15) is 19.5 Å². The van der Waals surface area contributed by atoms with Gasteiger partial charge >= 0.3 is 12.0 Å². The maximum atomic E-state index is 12.8. The summed E-state index contributed by atoms with van der Waals surface area (Å²) in [7, 11) is 0. The Morgan fingerprint density at radius 1 is 1.31 bits per heavy atom. The van der Waals surface area contributed by atoms with E-state index in [0.717, 1.165) is 14.9 Å². The normalized spacial score (nSPS) is 20.9. The number of amides is 3. The molecule has 1 fully saturated rings. The monoisotopic (exact) mass is 491 g/mol. The van der Waals surface area contributed by atoms with Gasteiger partial charge in [-0.05, 0) is 25.0 Å². The zero-order valence-electron chi connectivity index (χ0n) is 17.3. The largest absolute Gasteiger partial charge is 0.477 e. The highest BCUT2D eigenvalue weighted by Gasteiger charge is 2.54. The van der Waals surface area contributed by atoms with Crippen LogP contribution in [0.3, 0.4) is 0 Å². The molecule has 2 aliphatic heterocycles. The van der Waals surface area contributed by atoms with Gasteiger partial charge in [-0.3, -0.25) is 9.69 Å². The zero-order chi connectivity index (χ0) is 22.8. The summed E-state index contributed by atoms with van der Waals surface area (Å²) in [6.45, 7) is 3.71. The summed E-state index contributed by atoms with van der Waals surface area (Å²) < 4.78 is 0.755. The fourth-order valence-corrected chi connectivity index (χ4v) is 6.79. The molecule has 0 spiro atoms. The Morgan fingerprint density at radius 2 is 2.06 bits per heavy atom. The Labute approximate surface area is 197 Å². The maximum Gasteiger partial charge on any atom is 0.352 e.